The van der Waals surface area contributed by atoms with Gasteiger partial charge in [0.1, 0.15) is 0 Å². The highest BCUT2D eigenvalue weighted by atomic mass is 16.5. The Bertz CT molecular complexity index is 319. The molecule has 2 amide bonds. The van der Waals surface area contributed by atoms with Crippen molar-refractivity contribution in [2.24, 2.45) is 0 Å². The first-order valence-corrected chi connectivity index (χ1v) is 8.53. The van der Waals surface area contributed by atoms with E-state index < -0.39 is 0 Å². The summed E-state index contributed by atoms with van der Waals surface area (Å²) >= 11 is 0. The van der Waals surface area contributed by atoms with Crippen LogP contribution >= 0.6 is 0 Å². The van der Waals surface area contributed by atoms with E-state index in [4.69, 9.17) is 4.74 Å². The maximum Gasteiger partial charge on any atom is 0.317 e. The average Bonchev–Trinajstić information content (AvgIpc) is 2.91. The monoisotopic (exact) mass is 297 g/mol. The quantitative estimate of drug-likeness (QED) is 0.845. The lowest BCUT2D eigenvalue weighted by Crippen LogP contribution is -2.46. The van der Waals surface area contributed by atoms with Gasteiger partial charge in [-0.3, -0.25) is 0 Å². The molecule has 0 radical (unpaired) electrons. The van der Waals surface area contributed by atoms with Gasteiger partial charge in [-0.25, -0.2) is 4.79 Å². The fourth-order valence-corrected chi connectivity index (χ4v) is 3.48. The van der Waals surface area contributed by atoms with Crippen LogP contribution in [0.25, 0.3) is 0 Å². The largest absolute Gasteiger partial charge is 0.383 e. The highest BCUT2D eigenvalue weighted by Gasteiger charge is 2.26. The van der Waals surface area contributed by atoms with Crippen LogP contribution in [0, 0.1) is 0 Å². The zero-order chi connectivity index (χ0) is 15.1. The van der Waals surface area contributed by atoms with Crippen LogP contribution in [-0.2, 0) is 4.74 Å². The molecule has 0 bridgehead atoms. The summed E-state index contributed by atoms with van der Waals surface area (Å²) in [5, 5.41) is 3.10. The molecule has 2 aliphatic rings. The minimum atomic E-state index is 0.0842. The van der Waals surface area contributed by atoms with Crippen molar-refractivity contribution in [1.29, 1.82) is 0 Å². The van der Waals surface area contributed by atoms with Crippen LogP contribution < -0.4 is 5.32 Å². The van der Waals surface area contributed by atoms with Crippen molar-refractivity contribution >= 4 is 6.03 Å². The second kappa shape index (κ2) is 8.59. The maximum absolute atomic E-state index is 12.4. The summed E-state index contributed by atoms with van der Waals surface area (Å²) in [7, 11) is 1.68. The van der Waals surface area contributed by atoms with E-state index in [1.165, 1.54) is 32.4 Å². The third kappa shape index (κ3) is 4.85. The number of hydrogen-bond acceptors (Lipinski definition) is 3. The summed E-state index contributed by atoms with van der Waals surface area (Å²) in [6.07, 6.45) is 7.07. The fraction of sp³-hybridized carbons (Fsp3) is 0.938. The van der Waals surface area contributed by atoms with Crippen LogP contribution in [0.4, 0.5) is 4.79 Å². The minimum absolute atomic E-state index is 0.0842. The first-order valence-electron chi connectivity index (χ1n) is 8.53. The molecule has 5 nitrogen and oxygen atoms in total. The molecule has 2 unspecified atom stereocenters. The summed E-state index contributed by atoms with van der Waals surface area (Å²) in [5.74, 6) is 0. The lowest BCUT2D eigenvalue weighted by molar-refractivity contribution is 0.152. The number of amides is 2. The van der Waals surface area contributed by atoms with Crippen molar-refractivity contribution < 1.29 is 9.53 Å². The highest BCUT2D eigenvalue weighted by Crippen LogP contribution is 2.21. The van der Waals surface area contributed by atoms with Gasteiger partial charge in [0.25, 0.3) is 0 Å². The topological polar surface area (TPSA) is 44.8 Å². The number of nitrogens with one attached hydrogen (secondary N) is 1. The Labute approximate surface area is 129 Å². The van der Waals surface area contributed by atoms with Gasteiger partial charge in [0, 0.05) is 26.2 Å². The van der Waals surface area contributed by atoms with Crippen molar-refractivity contribution in [3.63, 3.8) is 0 Å². The number of nitrogens with zero attached hydrogens (tertiary/aromatic N) is 2. The van der Waals surface area contributed by atoms with Crippen molar-refractivity contribution in [2.75, 3.05) is 39.9 Å². The normalized spacial score (nSPS) is 25.6. The second-order valence-corrected chi connectivity index (χ2v) is 6.32. The van der Waals surface area contributed by atoms with Gasteiger partial charge in [-0.2, -0.15) is 0 Å². The van der Waals surface area contributed by atoms with Gasteiger partial charge < -0.3 is 19.9 Å². The Morgan fingerprint density at radius 1 is 1.19 bits per heavy atom. The molecule has 2 rings (SSSR count). The van der Waals surface area contributed by atoms with E-state index in [-0.39, 0.29) is 12.1 Å². The van der Waals surface area contributed by atoms with Crippen molar-refractivity contribution in [3.8, 4) is 0 Å². The molecule has 2 saturated heterocycles. The SMILES string of the molecule is CCC(COC)NC(=O)N1CCCC(N2CCCC2)CC1. The van der Waals surface area contributed by atoms with Crippen molar-refractivity contribution in [2.45, 2.75) is 57.5 Å². The smallest absolute Gasteiger partial charge is 0.317 e. The second-order valence-electron chi connectivity index (χ2n) is 6.32. The number of carbonyl (C=O) groups is 1. The van der Waals surface area contributed by atoms with Crippen LogP contribution in [0.3, 0.4) is 0 Å². The van der Waals surface area contributed by atoms with E-state index in [1.54, 1.807) is 7.11 Å². The van der Waals surface area contributed by atoms with E-state index in [1.807, 2.05) is 4.90 Å². The molecule has 2 fully saturated rings. The van der Waals surface area contributed by atoms with Gasteiger partial charge in [0.05, 0.1) is 12.6 Å². The van der Waals surface area contributed by atoms with Gasteiger partial charge in [0.15, 0.2) is 0 Å². The predicted molar refractivity (Wildman–Crippen MR) is 84.5 cm³/mol. The lowest BCUT2D eigenvalue weighted by atomic mass is 10.1. The van der Waals surface area contributed by atoms with Gasteiger partial charge >= 0.3 is 6.03 Å². The van der Waals surface area contributed by atoms with Crippen LogP contribution in [0.15, 0.2) is 0 Å². The first kappa shape index (κ1) is 16.6. The van der Waals surface area contributed by atoms with E-state index in [0.29, 0.717) is 12.6 Å². The third-order valence-electron chi connectivity index (χ3n) is 4.83. The Morgan fingerprint density at radius 3 is 2.62 bits per heavy atom. The number of rotatable bonds is 5. The van der Waals surface area contributed by atoms with Crippen LogP contribution in [0.5, 0.6) is 0 Å². The standard InChI is InChI=1S/C16H31N3O2/c1-3-14(13-21-2)17-16(20)19-11-6-7-15(8-12-19)18-9-4-5-10-18/h14-15H,3-13H2,1-2H3,(H,17,20). The molecular weight excluding hydrogens is 266 g/mol. The molecular formula is C16H31N3O2. The predicted octanol–water partition coefficient (Wildman–Crippen LogP) is 2.07. The Balaban J connectivity index is 1.79. The molecule has 122 valence electrons. The van der Waals surface area contributed by atoms with E-state index in [9.17, 15) is 4.79 Å². The molecule has 2 aliphatic heterocycles. The van der Waals surface area contributed by atoms with Gasteiger partial charge in [0.2, 0.25) is 0 Å². The summed E-state index contributed by atoms with van der Waals surface area (Å²) in [6, 6.07) is 0.896. The maximum atomic E-state index is 12.4. The number of methoxy groups -OCH3 is 1. The number of hydrogen-bond donors (Lipinski definition) is 1. The lowest BCUT2D eigenvalue weighted by Gasteiger charge is -2.27. The molecule has 2 heterocycles. The molecule has 21 heavy (non-hydrogen) atoms. The summed E-state index contributed by atoms with van der Waals surface area (Å²) in [6.45, 7) is 6.95. The molecule has 0 aromatic carbocycles. The van der Waals surface area contributed by atoms with Crippen LogP contribution in [-0.4, -0.2) is 67.8 Å². The molecule has 0 aromatic rings. The van der Waals surface area contributed by atoms with Gasteiger partial charge in [-0.1, -0.05) is 6.92 Å². The van der Waals surface area contributed by atoms with Crippen LogP contribution in [0.2, 0.25) is 0 Å². The third-order valence-corrected chi connectivity index (χ3v) is 4.83. The molecule has 0 aromatic heterocycles. The number of carbonyl (C=O) groups excluding carboxylic acids is 1. The number of likely N-dealkylation sites (tertiary alicyclic amines) is 2. The Hall–Kier alpha value is -0.810. The van der Waals surface area contributed by atoms with Gasteiger partial charge in [-0.15, -0.1) is 0 Å². The zero-order valence-corrected chi connectivity index (χ0v) is 13.6. The van der Waals surface area contributed by atoms with Crippen LogP contribution in [0.1, 0.15) is 45.4 Å². The Kier molecular flexibility index (Phi) is 6.77. The minimum Gasteiger partial charge on any atom is -0.383 e. The van der Waals surface area contributed by atoms with Crippen molar-refractivity contribution in [3.05, 3.63) is 0 Å². The van der Waals surface area contributed by atoms with Crippen molar-refractivity contribution in [1.82, 2.24) is 15.1 Å². The van der Waals surface area contributed by atoms with E-state index >= 15 is 0 Å². The molecule has 5 heteroatoms. The first-order chi connectivity index (χ1) is 10.2. The molecule has 1 N–H and O–H groups in total. The number of ether oxygens (including phenoxy) is 1. The highest BCUT2D eigenvalue weighted by molar-refractivity contribution is 5.74. The summed E-state index contributed by atoms with van der Waals surface area (Å²) in [5.41, 5.74) is 0. The van der Waals surface area contributed by atoms with E-state index in [0.717, 1.165) is 32.4 Å². The number of urea groups is 1. The zero-order valence-electron chi connectivity index (χ0n) is 13.6. The Morgan fingerprint density at radius 2 is 1.95 bits per heavy atom. The fourth-order valence-electron chi connectivity index (χ4n) is 3.48. The van der Waals surface area contributed by atoms with E-state index in [2.05, 4.69) is 17.1 Å². The molecule has 0 aliphatic carbocycles. The average molecular weight is 297 g/mol. The summed E-state index contributed by atoms with van der Waals surface area (Å²) in [4.78, 5) is 17.0. The molecule has 0 spiro atoms. The summed E-state index contributed by atoms with van der Waals surface area (Å²) < 4.78 is 5.15. The van der Waals surface area contributed by atoms with Gasteiger partial charge in [-0.05, 0) is 51.6 Å². The molecule has 2 atom stereocenters. The molecule has 0 saturated carbocycles.